The molecule has 25 heavy (non-hydrogen) atoms. The van der Waals surface area contributed by atoms with Gasteiger partial charge >= 0.3 is 6.18 Å². The van der Waals surface area contributed by atoms with E-state index in [1.807, 2.05) is 6.92 Å². The first kappa shape index (κ1) is 17.9. The number of alkyl halides is 3. The lowest BCUT2D eigenvalue weighted by molar-refractivity contribution is -0.137. The van der Waals surface area contributed by atoms with Gasteiger partial charge in [0.15, 0.2) is 0 Å². The van der Waals surface area contributed by atoms with Crippen LogP contribution in [0.5, 0.6) is 0 Å². The lowest BCUT2D eigenvalue weighted by Crippen LogP contribution is -2.37. The minimum absolute atomic E-state index is 0.210. The van der Waals surface area contributed by atoms with Crippen LogP contribution in [0.3, 0.4) is 0 Å². The number of piperidine rings is 1. The number of hydrogen-bond acceptors (Lipinski definition) is 3. The Balaban J connectivity index is 1.63. The number of aromatic nitrogens is 1. The minimum Gasteiger partial charge on any atom is -0.339 e. The van der Waals surface area contributed by atoms with Crippen LogP contribution in [-0.4, -0.2) is 28.9 Å². The zero-order valence-corrected chi connectivity index (χ0v) is 14.9. The molecule has 1 fully saturated rings. The van der Waals surface area contributed by atoms with E-state index in [0.717, 1.165) is 35.7 Å². The third-order valence-corrected chi connectivity index (χ3v) is 5.87. The van der Waals surface area contributed by atoms with Gasteiger partial charge in [0.1, 0.15) is 0 Å². The highest BCUT2D eigenvalue weighted by Crippen LogP contribution is 2.33. The Morgan fingerprint density at radius 1 is 1.16 bits per heavy atom. The second kappa shape index (κ2) is 6.78. The average Bonchev–Trinajstić information content (AvgIpc) is 2.93. The maximum absolute atomic E-state index is 12.6. The van der Waals surface area contributed by atoms with E-state index in [1.165, 1.54) is 17.0 Å². The Hall–Kier alpha value is -1.89. The van der Waals surface area contributed by atoms with Crippen LogP contribution in [0.15, 0.2) is 24.3 Å². The molecule has 3 rings (SSSR count). The summed E-state index contributed by atoms with van der Waals surface area (Å²) in [6.07, 6.45) is -2.72. The Kier molecular flexibility index (Phi) is 4.86. The summed E-state index contributed by atoms with van der Waals surface area (Å²) >= 11 is 1.71. The number of amides is 1. The van der Waals surface area contributed by atoms with Gasteiger partial charge in [0, 0.05) is 29.4 Å². The molecule has 7 heteroatoms. The Morgan fingerprint density at radius 3 is 2.24 bits per heavy atom. The molecule has 134 valence electrons. The summed E-state index contributed by atoms with van der Waals surface area (Å²) < 4.78 is 37.8. The van der Waals surface area contributed by atoms with E-state index in [2.05, 4.69) is 11.9 Å². The van der Waals surface area contributed by atoms with Crippen LogP contribution in [0.2, 0.25) is 0 Å². The smallest absolute Gasteiger partial charge is 0.339 e. The van der Waals surface area contributed by atoms with Crippen molar-refractivity contribution >= 4 is 17.2 Å². The third-order valence-electron chi connectivity index (χ3n) is 4.64. The summed E-state index contributed by atoms with van der Waals surface area (Å²) in [5, 5.41) is 1.12. The Bertz CT molecular complexity index is 740. The van der Waals surface area contributed by atoms with Gasteiger partial charge in [0.05, 0.1) is 16.3 Å². The molecule has 0 N–H and O–H groups in total. The molecule has 0 radical (unpaired) electrons. The van der Waals surface area contributed by atoms with E-state index < -0.39 is 11.7 Å². The van der Waals surface area contributed by atoms with Crippen molar-refractivity contribution in [3.05, 3.63) is 51.0 Å². The molecule has 1 saturated heterocycles. The summed E-state index contributed by atoms with van der Waals surface area (Å²) in [7, 11) is 0. The lowest BCUT2D eigenvalue weighted by Gasteiger charge is -2.31. The molecule has 0 spiro atoms. The molecular weight excluding hydrogens is 349 g/mol. The fourth-order valence-corrected chi connectivity index (χ4v) is 4.08. The number of halogens is 3. The zero-order chi connectivity index (χ0) is 18.2. The Labute approximate surface area is 148 Å². The highest BCUT2D eigenvalue weighted by molar-refractivity contribution is 7.11. The van der Waals surface area contributed by atoms with Crippen LogP contribution < -0.4 is 0 Å². The molecule has 1 amide bonds. The summed E-state index contributed by atoms with van der Waals surface area (Å²) in [4.78, 5) is 20.0. The summed E-state index contributed by atoms with van der Waals surface area (Å²) in [5.74, 6) is 0.146. The van der Waals surface area contributed by atoms with Crippen molar-refractivity contribution < 1.29 is 18.0 Å². The van der Waals surface area contributed by atoms with Crippen LogP contribution in [-0.2, 0) is 6.18 Å². The normalized spacial score (nSPS) is 16.3. The fraction of sp³-hybridized carbons (Fsp3) is 0.444. The molecule has 0 saturated carbocycles. The highest BCUT2D eigenvalue weighted by atomic mass is 32.1. The summed E-state index contributed by atoms with van der Waals surface area (Å²) in [6.45, 7) is 5.25. The van der Waals surface area contributed by atoms with E-state index in [0.29, 0.717) is 24.6 Å². The maximum atomic E-state index is 12.6. The molecular formula is C18H19F3N2OS. The number of likely N-dealkylation sites (tertiary alicyclic amines) is 1. The van der Waals surface area contributed by atoms with Gasteiger partial charge in [0.2, 0.25) is 0 Å². The minimum atomic E-state index is -4.39. The third kappa shape index (κ3) is 3.86. The van der Waals surface area contributed by atoms with Crippen LogP contribution in [0.25, 0.3) is 0 Å². The molecule has 1 aliphatic rings. The molecule has 3 nitrogen and oxygen atoms in total. The first-order valence-electron chi connectivity index (χ1n) is 8.16. The van der Waals surface area contributed by atoms with Gasteiger partial charge < -0.3 is 4.90 Å². The molecule has 2 heterocycles. The second-order valence-corrected chi connectivity index (χ2v) is 7.57. The molecule has 0 aliphatic carbocycles. The molecule has 1 aromatic heterocycles. The predicted molar refractivity (Wildman–Crippen MR) is 90.9 cm³/mol. The van der Waals surface area contributed by atoms with Crippen LogP contribution in [0, 0.1) is 13.8 Å². The van der Waals surface area contributed by atoms with Crippen molar-refractivity contribution in [3.63, 3.8) is 0 Å². The number of benzene rings is 1. The van der Waals surface area contributed by atoms with Gasteiger partial charge in [-0.25, -0.2) is 4.98 Å². The number of thiazole rings is 1. The van der Waals surface area contributed by atoms with E-state index in [-0.39, 0.29) is 5.91 Å². The molecule has 1 aliphatic heterocycles. The number of hydrogen-bond donors (Lipinski definition) is 0. The van der Waals surface area contributed by atoms with Gasteiger partial charge in [-0.2, -0.15) is 13.2 Å². The van der Waals surface area contributed by atoms with Gasteiger partial charge in [-0.15, -0.1) is 11.3 Å². The topological polar surface area (TPSA) is 33.2 Å². The van der Waals surface area contributed by atoms with E-state index >= 15 is 0 Å². The summed E-state index contributed by atoms with van der Waals surface area (Å²) in [6, 6.07) is 4.43. The largest absolute Gasteiger partial charge is 0.416 e. The second-order valence-electron chi connectivity index (χ2n) is 6.34. The number of carbonyl (C=O) groups is 1. The first-order valence-corrected chi connectivity index (χ1v) is 8.98. The van der Waals surface area contributed by atoms with Crippen molar-refractivity contribution in [1.82, 2.24) is 9.88 Å². The SMILES string of the molecule is Cc1nc(C2CCN(C(=O)c3ccc(C(F)(F)F)cc3)CC2)sc1C. The number of nitrogens with zero attached hydrogens (tertiary/aromatic N) is 2. The maximum Gasteiger partial charge on any atom is 0.416 e. The van der Waals surface area contributed by atoms with Crippen LogP contribution in [0.1, 0.15) is 50.3 Å². The van der Waals surface area contributed by atoms with Crippen molar-refractivity contribution in [2.75, 3.05) is 13.1 Å². The predicted octanol–water partition coefficient (Wildman–Crippen LogP) is 4.80. The van der Waals surface area contributed by atoms with E-state index in [9.17, 15) is 18.0 Å². The highest BCUT2D eigenvalue weighted by Gasteiger charge is 2.31. The van der Waals surface area contributed by atoms with Crippen LogP contribution >= 0.6 is 11.3 Å². The quantitative estimate of drug-likeness (QED) is 0.763. The zero-order valence-electron chi connectivity index (χ0n) is 14.1. The molecule has 0 atom stereocenters. The Morgan fingerprint density at radius 2 is 1.76 bits per heavy atom. The summed E-state index contributed by atoms with van der Waals surface area (Å²) in [5.41, 5.74) is 0.618. The van der Waals surface area contributed by atoms with E-state index in [1.54, 1.807) is 16.2 Å². The molecule has 2 aromatic rings. The average molecular weight is 368 g/mol. The molecule has 1 aromatic carbocycles. The van der Waals surface area contributed by atoms with E-state index in [4.69, 9.17) is 0 Å². The molecule has 0 bridgehead atoms. The van der Waals surface area contributed by atoms with Gasteiger partial charge in [0.25, 0.3) is 5.91 Å². The van der Waals surface area contributed by atoms with Crippen molar-refractivity contribution in [2.45, 2.75) is 38.8 Å². The number of rotatable bonds is 2. The first-order chi connectivity index (χ1) is 11.8. The standard InChI is InChI=1S/C18H19F3N2OS/c1-11-12(2)25-16(22-11)13-7-9-23(10-8-13)17(24)14-3-5-15(6-4-14)18(19,20)21/h3-6,13H,7-10H2,1-2H3. The van der Waals surface area contributed by atoms with Gasteiger partial charge in [-0.3, -0.25) is 4.79 Å². The molecule has 0 unspecified atom stereocenters. The van der Waals surface area contributed by atoms with Crippen molar-refractivity contribution in [1.29, 1.82) is 0 Å². The van der Waals surface area contributed by atoms with Crippen LogP contribution in [0.4, 0.5) is 13.2 Å². The van der Waals surface area contributed by atoms with Gasteiger partial charge in [-0.1, -0.05) is 0 Å². The number of carbonyl (C=O) groups excluding carboxylic acids is 1. The fourth-order valence-electron chi connectivity index (χ4n) is 2.99. The monoisotopic (exact) mass is 368 g/mol. The number of aryl methyl sites for hydroxylation is 2. The van der Waals surface area contributed by atoms with Crippen molar-refractivity contribution in [3.8, 4) is 0 Å². The van der Waals surface area contributed by atoms with Crippen molar-refractivity contribution in [2.24, 2.45) is 0 Å². The lowest BCUT2D eigenvalue weighted by atomic mass is 9.97. The van der Waals surface area contributed by atoms with Gasteiger partial charge in [-0.05, 0) is 51.0 Å².